The van der Waals surface area contributed by atoms with Crippen molar-refractivity contribution in [2.45, 2.75) is 40.3 Å². The number of nitrogens with one attached hydrogen (secondary N) is 1. The maximum Gasteiger partial charge on any atom is 0.254 e. The number of aromatic nitrogens is 2. The van der Waals surface area contributed by atoms with Gasteiger partial charge in [0.25, 0.3) is 5.91 Å². The van der Waals surface area contributed by atoms with Gasteiger partial charge in [0, 0.05) is 36.7 Å². The summed E-state index contributed by atoms with van der Waals surface area (Å²) in [5.74, 6) is 0.502. The molecule has 1 N–H and O–H groups in total. The third-order valence-electron chi connectivity index (χ3n) is 4.31. The van der Waals surface area contributed by atoms with Crippen LogP contribution in [0.2, 0.25) is 0 Å². The van der Waals surface area contributed by atoms with Gasteiger partial charge in [-0.05, 0) is 37.5 Å². The Morgan fingerprint density at radius 1 is 1.25 bits per heavy atom. The molecule has 1 unspecified atom stereocenters. The zero-order valence-corrected chi connectivity index (χ0v) is 15.1. The van der Waals surface area contributed by atoms with Gasteiger partial charge >= 0.3 is 0 Å². The van der Waals surface area contributed by atoms with Crippen molar-refractivity contribution < 1.29 is 4.79 Å². The molecule has 0 radical (unpaired) electrons. The van der Waals surface area contributed by atoms with Crippen LogP contribution in [0.25, 0.3) is 0 Å². The number of hydrogen-bond donors (Lipinski definition) is 1. The van der Waals surface area contributed by atoms with Crippen LogP contribution in [-0.2, 0) is 6.54 Å². The maximum absolute atomic E-state index is 12.8. The Morgan fingerprint density at radius 2 is 2.00 bits per heavy atom. The number of carbonyl (C=O) groups excluding carboxylic acids is 1. The van der Waals surface area contributed by atoms with Gasteiger partial charge in [0.05, 0.1) is 18.4 Å². The van der Waals surface area contributed by atoms with Crippen molar-refractivity contribution in [2.75, 3.05) is 12.4 Å². The summed E-state index contributed by atoms with van der Waals surface area (Å²) in [7, 11) is 1.79. The summed E-state index contributed by atoms with van der Waals surface area (Å²) in [5.41, 5.74) is 3.46. The molecule has 1 atom stereocenters. The molecule has 0 aliphatic rings. The number of rotatable bonds is 6. The van der Waals surface area contributed by atoms with E-state index in [-0.39, 0.29) is 5.91 Å². The maximum atomic E-state index is 12.8. The van der Waals surface area contributed by atoms with Gasteiger partial charge < -0.3 is 10.2 Å². The van der Waals surface area contributed by atoms with E-state index in [2.05, 4.69) is 36.1 Å². The summed E-state index contributed by atoms with van der Waals surface area (Å²) in [5, 5.41) is 3.50. The van der Waals surface area contributed by atoms with E-state index in [1.165, 1.54) is 0 Å². The van der Waals surface area contributed by atoms with Gasteiger partial charge in [0.2, 0.25) is 0 Å². The molecule has 1 aromatic heterocycles. The molecule has 24 heavy (non-hydrogen) atoms. The van der Waals surface area contributed by atoms with Crippen molar-refractivity contribution in [3.05, 3.63) is 53.6 Å². The molecule has 1 amide bonds. The monoisotopic (exact) mass is 326 g/mol. The summed E-state index contributed by atoms with van der Waals surface area (Å²) in [4.78, 5) is 22.7. The Kier molecular flexibility index (Phi) is 5.90. The molecule has 1 aromatic carbocycles. The third-order valence-corrected chi connectivity index (χ3v) is 4.31. The van der Waals surface area contributed by atoms with E-state index in [0.717, 1.165) is 16.9 Å². The molecule has 0 aliphatic heterocycles. The van der Waals surface area contributed by atoms with E-state index in [9.17, 15) is 4.79 Å². The summed E-state index contributed by atoms with van der Waals surface area (Å²) in [6, 6.07) is 6.15. The first kappa shape index (κ1) is 17.9. The van der Waals surface area contributed by atoms with Crippen LogP contribution >= 0.6 is 0 Å². The number of benzene rings is 1. The van der Waals surface area contributed by atoms with Crippen LogP contribution in [0.3, 0.4) is 0 Å². The number of hydrogen-bond acceptors (Lipinski definition) is 4. The molecule has 0 bridgehead atoms. The highest BCUT2D eigenvalue weighted by Crippen LogP contribution is 2.22. The lowest BCUT2D eigenvalue weighted by Crippen LogP contribution is -2.28. The van der Waals surface area contributed by atoms with Gasteiger partial charge in [0.15, 0.2) is 0 Å². The first-order valence-electron chi connectivity index (χ1n) is 8.26. The molecule has 2 rings (SSSR count). The molecule has 0 saturated heterocycles. The predicted molar refractivity (Wildman–Crippen MR) is 96.9 cm³/mol. The minimum atomic E-state index is -0.0148. The number of carbonyl (C=O) groups is 1. The average Bonchev–Trinajstić information content (AvgIpc) is 2.56. The van der Waals surface area contributed by atoms with Crippen LogP contribution in [-0.4, -0.2) is 33.9 Å². The Hall–Kier alpha value is -2.43. The standard InChI is InChI=1S/C19H26N4O/c1-13(2)15(4)22-18-8-6-7-17(14(18)3)19(24)23(5)12-16-11-20-9-10-21-16/h6-11,13,15,22H,12H2,1-5H3. The van der Waals surface area contributed by atoms with Gasteiger partial charge in [-0.2, -0.15) is 0 Å². The SMILES string of the molecule is Cc1c(NC(C)C(C)C)cccc1C(=O)N(C)Cc1cnccn1. The molecule has 128 valence electrons. The van der Waals surface area contributed by atoms with E-state index >= 15 is 0 Å². The second-order valence-electron chi connectivity index (χ2n) is 6.51. The molecule has 5 nitrogen and oxygen atoms in total. The van der Waals surface area contributed by atoms with Gasteiger partial charge in [-0.15, -0.1) is 0 Å². The van der Waals surface area contributed by atoms with Crippen LogP contribution in [0.1, 0.15) is 42.4 Å². The van der Waals surface area contributed by atoms with E-state index in [4.69, 9.17) is 0 Å². The molecular weight excluding hydrogens is 300 g/mol. The highest BCUT2D eigenvalue weighted by molar-refractivity contribution is 5.96. The van der Waals surface area contributed by atoms with Crippen molar-refractivity contribution in [1.82, 2.24) is 14.9 Å². The molecule has 0 aliphatic carbocycles. The van der Waals surface area contributed by atoms with Crippen molar-refractivity contribution in [3.8, 4) is 0 Å². The van der Waals surface area contributed by atoms with Crippen molar-refractivity contribution >= 4 is 11.6 Å². The Labute approximate surface area is 144 Å². The van der Waals surface area contributed by atoms with E-state index < -0.39 is 0 Å². The lowest BCUT2D eigenvalue weighted by atomic mass is 10.0. The first-order chi connectivity index (χ1) is 11.4. The molecule has 5 heteroatoms. The summed E-state index contributed by atoms with van der Waals surface area (Å²) in [6.45, 7) is 8.93. The highest BCUT2D eigenvalue weighted by atomic mass is 16.2. The Balaban J connectivity index is 2.17. The molecule has 0 saturated carbocycles. The van der Waals surface area contributed by atoms with Crippen molar-refractivity contribution in [3.63, 3.8) is 0 Å². The Bertz CT molecular complexity index is 685. The third kappa shape index (κ3) is 4.31. The van der Waals surface area contributed by atoms with Gasteiger partial charge in [-0.3, -0.25) is 14.8 Å². The van der Waals surface area contributed by atoms with Crippen LogP contribution in [0, 0.1) is 12.8 Å². The first-order valence-corrected chi connectivity index (χ1v) is 8.26. The minimum absolute atomic E-state index is 0.0148. The normalized spacial score (nSPS) is 12.1. The summed E-state index contributed by atoms with van der Waals surface area (Å²) in [6.07, 6.45) is 4.94. The topological polar surface area (TPSA) is 58.1 Å². The van der Waals surface area contributed by atoms with Crippen molar-refractivity contribution in [1.29, 1.82) is 0 Å². The van der Waals surface area contributed by atoms with E-state index in [0.29, 0.717) is 24.1 Å². The van der Waals surface area contributed by atoms with Crippen LogP contribution in [0.5, 0.6) is 0 Å². The smallest absolute Gasteiger partial charge is 0.254 e. The van der Waals surface area contributed by atoms with Crippen LogP contribution in [0.4, 0.5) is 5.69 Å². The molecule has 1 heterocycles. The fourth-order valence-corrected chi connectivity index (χ4v) is 2.37. The fraction of sp³-hybridized carbons (Fsp3) is 0.421. The zero-order valence-electron chi connectivity index (χ0n) is 15.1. The average molecular weight is 326 g/mol. The summed E-state index contributed by atoms with van der Waals surface area (Å²) < 4.78 is 0. The largest absolute Gasteiger partial charge is 0.382 e. The number of anilines is 1. The highest BCUT2D eigenvalue weighted by Gasteiger charge is 2.17. The van der Waals surface area contributed by atoms with Gasteiger partial charge in [-0.25, -0.2) is 0 Å². The number of amides is 1. The van der Waals surface area contributed by atoms with Crippen LogP contribution in [0.15, 0.2) is 36.8 Å². The zero-order chi connectivity index (χ0) is 17.7. The minimum Gasteiger partial charge on any atom is -0.382 e. The lowest BCUT2D eigenvalue weighted by molar-refractivity contribution is 0.0782. The van der Waals surface area contributed by atoms with Gasteiger partial charge in [-0.1, -0.05) is 19.9 Å². The molecule has 0 spiro atoms. The van der Waals surface area contributed by atoms with Crippen molar-refractivity contribution in [2.24, 2.45) is 5.92 Å². The molecular formula is C19H26N4O. The lowest BCUT2D eigenvalue weighted by Gasteiger charge is -2.23. The fourth-order valence-electron chi connectivity index (χ4n) is 2.37. The van der Waals surface area contributed by atoms with Crippen LogP contribution < -0.4 is 5.32 Å². The summed E-state index contributed by atoms with van der Waals surface area (Å²) >= 11 is 0. The van der Waals surface area contributed by atoms with E-state index in [1.807, 2.05) is 25.1 Å². The van der Waals surface area contributed by atoms with E-state index in [1.54, 1.807) is 30.5 Å². The second kappa shape index (κ2) is 7.90. The second-order valence-corrected chi connectivity index (χ2v) is 6.51. The predicted octanol–water partition coefficient (Wildman–Crippen LogP) is 3.51. The van der Waals surface area contributed by atoms with Gasteiger partial charge in [0.1, 0.15) is 0 Å². The Morgan fingerprint density at radius 3 is 2.62 bits per heavy atom. The quantitative estimate of drug-likeness (QED) is 0.882. The molecule has 2 aromatic rings. The molecule has 0 fully saturated rings. The number of nitrogens with zero attached hydrogens (tertiary/aromatic N) is 3.